The molecule has 0 aliphatic heterocycles. The van der Waals surface area contributed by atoms with Crippen molar-refractivity contribution in [1.29, 1.82) is 0 Å². The van der Waals surface area contributed by atoms with Crippen molar-refractivity contribution in [3.8, 4) is 5.75 Å². The van der Waals surface area contributed by atoms with Crippen molar-refractivity contribution < 1.29 is 17.9 Å². The van der Waals surface area contributed by atoms with Gasteiger partial charge >= 0.3 is 0 Å². The number of aromatic nitrogens is 1. The second kappa shape index (κ2) is 9.64. The number of benzene rings is 2. The molecule has 0 fully saturated rings. The predicted molar refractivity (Wildman–Crippen MR) is 117 cm³/mol. The second-order valence-electron chi connectivity index (χ2n) is 6.15. The minimum absolute atomic E-state index is 0.151. The first kappa shape index (κ1) is 21.7. The summed E-state index contributed by atoms with van der Waals surface area (Å²) < 4.78 is 32.6. The first-order valence-corrected chi connectivity index (χ1v) is 11.4. The third kappa shape index (κ3) is 5.52. The minimum Gasteiger partial charge on any atom is -0.497 e. The molecular weight excluding hydrogens is 422 g/mol. The monoisotopic (exact) mass is 443 g/mol. The van der Waals surface area contributed by atoms with E-state index in [9.17, 15) is 13.2 Å². The van der Waals surface area contributed by atoms with Crippen molar-refractivity contribution >= 4 is 33.4 Å². The van der Waals surface area contributed by atoms with Gasteiger partial charge in [-0.1, -0.05) is 11.8 Å². The Morgan fingerprint density at radius 1 is 1.03 bits per heavy atom. The van der Waals surface area contributed by atoms with Gasteiger partial charge in [0.2, 0.25) is 0 Å². The van der Waals surface area contributed by atoms with Gasteiger partial charge in [-0.2, -0.15) is 0 Å². The highest BCUT2D eigenvalue weighted by molar-refractivity contribution is 7.99. The van der Waals surface area contributed by atoms with Gasteiger partial charge in [-0.25, -0.2) is 13.4 Å². The molecule has 0 unspecified atom stereocenters. The van der Waals surface area contributed by atoms with E-state index in [0.717, 1.165) is 9.92 Å². The Labute approximate surface area is 179 Å². The van der Waals surface area contributed by atoms with Gasteiger partial charge in [0.05, 0.1) is 17.6 Å². The quantitative estimate of drug-likeness (QED) is 0.550. The fraction of sp³-hybridized carbons (Fsp3) is 0.143. The normalized spacial score (nSPS) is 11.0. The van der Waals surface area contributed by atoms with Gasteiger partial charge in [0.1, 0.15) is 10.8 Å². The molecule has 30 heavy (non-hydrogen) atoms. The summed E-state index contributed by atoms with van der Waals surface area (Å²) in [6.07, 6.45) is 1.53. The number of anilines is 1. The van der Waals surface area contributed by atoms with Crippen LogP contribution >= 0.6 is 11.8 Å². The number of hydrogen-bond donors (Lipinski definition) is 2. The van der Waals surface area contributed by atoms with Crippen LogP contribution in [0, 0.1) is 0 Å². The maximum Gasteiger partial charge on any atom is 0.261 e. The van der Waals surface area contributed by atoms with E-state index in [1.807, 2.05) is 6.92 Å². The Balaban J connectivity index is 1.65. The van der Waals surface area contributed by atoms with Crippen LogP contribution in [0.25, 0.3) is 0 Å². The number of methoxy groups -OCH3 is 1. The molecule has 0 saturated carbocycles. The van der Waals surface area contributed by atoms with Crippen LogP contribution in [0.1, 0.15) is 17.3 Å². The molecule has 0 atom stereocenters. The Bertz CT molecular complexity index is 1100. The predicted octanol–water partition coefficient (Wildman–Crippen LogP) is 3.79. The molecule has 2 N–H and O–H groups in total. The summed E-state index contributed by atoms with van der Waals surface area (Å²) in [6.45, 7) is 2.42. The third-order valence-electron chi connectivity index (χ3n) is 4.03. The van der Waals surface area contributed by atoms with E-state index in [2.05, 4.69) is 15.0 Å². The number of ether oxygens (including phenoxy) is 1. The fourth-order valence-electron chi connectivity index (χ4n) is 2.52. The van der Waals surface area contributed by atoms with E-state index in [1.165, 1.54) is 37.2 Å². The van der Waals surface area contributed by atoms with E-state index in [1.54, 1.807) is 48.5 Å². The van der Waals surface area contributed by atoms with Crippen LogP contribution in [-0.2, 0) is 10.0 Å². The van der Waals surface area contributed by atoms with E-state index in [0.29, 0.717) is 23.5 Å². The van der Waals surface area contributed by atoms with Crippen LogP contribution in [0.4, 0.5) is 5.69 Å². The topological polar surface area (TPSA) is 97.4 Å². The molecule has 0 spiro atoms. The molecule has 0 saturated heterocycles. The molecule has 9 heteroatoms. The van der Waals surface area contributed by atoms with Gasteiger partial charge in [0.25, 0.3) is 15.9 Å². The zero-order valence-corrected chi connectivity index (χ0v) is 18.1. The third-order valence-corrected chi connectivity index (χ3v) is 6.39. The number of rotatable bonds is 8. The van der Waals surface area contributed by atoms with Crippen LogP contribution in [-0.4, -0.2) is 33.0 Å². The van der Waals surface area contributed by atoms with Crippen LogP contribution in [0.3, 0.4) is 0 Å². The highest BCUT2D eigenvalue weighted by Crippen LogP contribution is 2.28. The zero-order chi connectivity index (χ0) is 21.6. The standard InChI is InChI=1S/C21H21N3O4S2/c1-3-22-21(25)15-4-13-20(23-14-15)29-18-9-5-16(6-10-18)24-30(26,27)19-11-7-17(28-2)8-12-19/h4-14,24H,3H2,1-2H3,(H,22,25). The Morgan fingerprint density at radius 2 is 1.73 bits per heavy atom. The maximum atomic E-state index is 12.5. The lowest BCUT2D eigenvalue weighted by atomic mass is 10.3. The van der Waals surface area contributed by atoms with E-state index < -0.39 is 10.0 Å². The lowest BCUT2D eigenvalue weighted by molar-refractivity contribution is 0.0955. The second-order valence-corrected chi connectivity index (χ2v) is 8.93. The summed E-state index contributed by atoms with van der Waals surface area (Å²) in [5, 5.41) is 3.46. The van der Waals surface area contributed by atoms with Crippen molar-refractivity contribution in [3.63, 3.8) is 0 Å². The molecule has 0 aliphatic carbocycles. The van der Waals surface area contributed by atoms with Crippen LogP contribution in [0.15, 0.2) is 81.7 Å². The minimum atomic E-state index is -3.69. The number of carbonyl (C=O) groups excluding carboxylic acids is 1. The molecule has 0 radical (unpaired) electrons. The molecule has 1 heterocycles. The number of pyridine rings is 1. The van der Waals surface area contributed by atoms with Crippen LogP contribution in [0.5, 0.6) is 5.75 Å². The van der Waals surface area contributed by atoms with Gasteiger partial charge in [0, 0.05) is 23.3 Å². The van der Waals surface area contributed by atoms with Crippen molar-refractivity contribution in [3.05, 3.63) is 72.4 Å². The number of sulfonamides is 1. The molecule has 1 aromatic heterocycles. The van der Waals surface area contributed by atoms with Crippen molar-refractivity contribution in [1.82, 2.24) is 10.3 Å². The van der Waals surface area contributed by atoms with E-state index in [4.69, 9.17) is 4.74 Å². The van der Waals surface area contributed by atoms with Crippen LogP contribution < -0.4 is 14.8 Å². The Kier molecular flexibility index (Phi) is 6.96. The Morgan fingerprint density at radius 3 is 2.30 bits per heavy atom. The largest absolute Gasteiger partial charge is 0.497 e. The SMILES string of the molecule is CCNC(=O)c1ccc(Sc2ccc(NS(=O)(=O)c3ccc(OC)cc3)cc2)nc1. The average Bonchev–Trinajstić information content (AvgIpc) is 2.75. The summed E-state index contributed by atoms with van der Waals surface area (Å²) in [7, 11) is -2.17. The smallest absolute Gasteiger partial charge is 0.261 e. The highest BCUT2D eigenvalue weighted by Gasteiger charge is 2.14. The molecule has 1 amide bonds. The lowest BCUT2D eigenvalue weighted by Crippen LogP contribution is -2.22. The molecule has 0 bridgehead atoms. The Hall–Kier alpha value is -3.04. The highest BCUT2D eigenvalue weighted by atomic mass is 32.2. The van der Waals surface area contributed by atoms with Crippen molar-refractivity contribution in [2.24, 2.45) is 0 Å². The van der Waals surface area contributed by atoms with Crippen molar-refractivity contribution in [2.75, 3.05) is 18.4 Å². The number of carbonyl (C=O) groups is 1. The fourth-order valence-corrected chi connectivity index (χ4v) is 4.33. The van der Waals surface area contributed by atoms with E-state index >= 15 is 0 Å². The van der Waals surface area contributed by atoms with Crippen molar-refractivity contribution in [2.45, 2.75) is 21.7 Å². The molecular formula is C21H21N3O4S2. The molecule has 3 rings (SSSR count). The molecule has 3 aromatic rings. The zero-order valence-electron chi connectivity index (χ0n) is 16.5. The first-order chi connectivity index (χ1) is 14.4. The van der Waals surface area contributed by atoms with Crippen LogP contribution in [0.2, 0.25) is 0 Å². The molecule has 2 aromatic carbocycles. The lowest BCUT2D eigenvalue weighted by Gasteiger charge is -2.09. The summed E-state index contributed by atoms with van der Waals surface area (Å²) >= 11 is 1.41. The number of hydrogen-bond acceptors (Lipinski definition) is 6. The van der Waals surface area contributed by atoms with Gasteiger partial charge < -0.3 is 10.1 Å². The van der Waals surface area contributed by atoms with Gasteiger partial charge in [-0.3, -0.25) is 9.52 Å². The van der Waals surface area contributed by atoms with Gasteiger partial charge in [-0.05, 0) is 67.6 Å². The summed E-state index contributed by atoms with van der Waals surface area (Å²) in [5.41, 5.74) is 0.958. The number of amides is 1. The first-order valence-electron chi connectivity index (χ1n) is 9.10. The summed E-state index contributed by atoms with van der Waals surface area (Å²) in [4.78, 5) is 17.1. The number of nitrogens with zero attached hydrogens (tertiary/aromatic N) is 1. The maximum absolute atomic E-state index is 12.5. The van der Waals surface area contributed by atoms with E-state index in [-0.39, 0.29) is 10.8 Å². The average molecular weight is 444 g/mol. The number of nitrogens with one attached hydrogen (secondary N) is 2. The summed E-state index contributed by atoms with van der Waals surface area (Å²) in [6, 6.07) is 16.6. The molecule has 7 nitrogen and oxygen atoms in total. The molecule has 156 valence electrons. The molecule has 0 aliphatic rings. The van der Waals surface area contributed by atoms with Gasteiger partial charge in [-0.15, -0.1) is 0 Å². The van der Waals surface area contributed by atoms with Gasteiger partial charge in [0.15, 0.2) is 0 Å². The summed E-state index contributed by atoms with van der Waals surface area (Å²) in [5.74, 6) is 0.429.